The molecule has 1 aliphatic carbocycles. The van der Waals surface area contributed by atoms with Crippen LogP contribution in [0.3, 0.4) is 0 Å². The van der Waals surface area contributed by atoms with Gasteiger partial charge in [0.15, 0.2) is 5.78 Å². The Hall–Kier alpha value is -1.75. The molecule has 19 heavy (non-hydrogen) atoms. The monoisotopic (exact) mass is 320 g/mol. The quantitative estimate of drug-likeness (QED) is 0.756. The van der Waals surface area contributed by atoms with Crippen LogP contribution in [0.2, 0.25) is 0 Å². The summed E-state index contributed by atoms with van der Waals surface area (Å²) in [6, 6.07) is 3.06. The van der Waals surface area contributed by atoms with E-state index in [4.69, 9.17) is 0 Å². The Bertz CT molecular complexity index is 718. The van der Waals surface area contributed by atoms with Crippen LogP contribution in [0.5, 0.6) is 0 Å². The maximum absolute atomic E-state index is 13.8. The van der Waals surface area contributed by atoms with Crippen molar-refractivity contribution in [3.05, 3.63) is 57.1 Å². The van der Waals surface area contributed by atoms with Gasteiger partial charge in [0.1, 0.15) is 5.82 Å². The highest BCUT2D eigenvalue weighted by Gasteiger charge is 2.28. The number of Topliss-reactive ketones (excluding diaryl/α,β-unsaturated/α-hetero) is 1. The molecule has 0 atom stereocenters. The molecule has 0 saturated carbocycles. The summed E-state index contributed by atoms with van der Waals surface area (Å²) >= 11 is 3.21. The summed E-state index contributed by atoms with van der Waals surface area (Å²) < 4.78 is 16.1. The Balaban J connectivity index is 2.04. The average molecular weight is 321 g/mol. The number of benzene rings is 1. The molecule has 1 heterocycles. The number of aromatic nitrogens is 2. The average Bonchev–Trinajstić information content (AvgIpc) is 2.87. The highest BCUT2D eigenvalue weighted by molar-refractivity contribution is 9.10. The lowest BCUT2D eigenvalue weighted by atomic mass is 10.1. The first-order valence-corrected chi connectivity index (χ1v) is 6.56. The van der Waals surface area contributed by atoms with Crippen LogP contribution in [0.15, 0.2) is 34.6 Å². The van der Waals surface area contributed by atoms with E-state index in [9.17, 15) is 9.18 Å². The molecule has 0 saturated heterocycles. The molecule has 0 N–H and O–H groups in total. The summed E-state index contributed by atoms with van der Waals surface area (Å²) in [7, 11) is 1.81. The van der Waals surface area contributed by atoms with Crippen LogP contribution >= 0.6 is 15.9 Å². The zero-order chi connectivity index (χ0) is 13.6. The van der Waals surface area contributed by atoms with E-state index in [2.05, 4.69) is 21.0 Å². The van der Waals surface area contributed by atoms with Gasteiger partial charge in [0.05, 0.1) is 6.20 Å². The van der Waals surface area contributed by atoms with Crippen molar-refractivity contribution >= 4 is 27.8 Å². The lowest BCUT2D eigenvalue weighted by molar-refractivity contribution is 0.104. The van der Waals surface area contributed by atoms with Crippen LogP contribution in [-0.2, 0) is 13.5 Å². The minimum atomic E-state index is -0.340. The number of rotatable bonds is 1. The van der Waals surface area contributed by atoms with Crippen molar-refractivity contribution in [2.75, 3.05) is 0 Å². The van der Waals surface area contributed by atoms with E-state index in [0.29, 0.717) is 27.6 Å². The molecular formula is C14H10BrFN2O. The Morgan fingerprint density at radius 2 is 2.26 bits per heavy atom. The third-order valence-corrected chi connectivity index (χ3v) is 3.59. The molecular weight excluding hydrogens is 311 g/mol. The second-order valence-corrected chi connectivity index (χ2v) is 5.45. The number of allylic oxidation sites excluding steroid dienone is 1. The summed E-state index contributed by atoms with van der Waals surface area (Å²) in [6.07, 6.45) is 5.59. The number of fused-ring (bicyclic) bond motifs is 1. The van der Waals surface area contributed by atoms with Crippen molar-refractivity contribution in [2.45, 2.75) is 6.42 Å². The number of hydrogen-bond acceptors (Lipinski definition) is 2. The van der Waals surface area contributed by atoms with Gasteiger partial charge in [0.2, 0.25) is 0 Å². The molecule has 3 nitrogen and oxygen atoms in total. The van der Waals surface area contributed by atoms with Gasteiger partial charge in [-0.15, -0.1) is 0 Å². The molecule has 0 radical (unpaired) electrons. The topological polar surface area (TPSA) is 34.9 Å². The van der Waals surface area contributed by atoms with E-state index in [-0.39, 0.29) is 11.6 Å². The smallest absolute Gasteiger partial charge is 0.189 e. The van der Waals surface area contributed by atoms with E-state index in [1.165, 1.54) is 6.07 Å². The Morgan fingerprint density at radius 3 is 2.95 bits per heavy atom. The molecule has 0 aliphatic heterocycles. The standard InChI is InChI=1S/C14H10BrFN2O/c1-18-7-8(6-17-18)2-9-3-11-12(14(9)19)4-10(15)5-13(11)16/h2,4-7H,3H2,1H3. The number of ketones is 1. The van der Waals surface area contributed by atoms with E-state index in [0.717, 1.165) is 5.56 Å². The molecule has 0 unspecified atom stereocenters. The largest absolute Gasteiger partial charge is 0.289 e. The van der Waals surface area contributed by atoms with Crippen LogP contribution in [-0.4, -0.2) is 15.6 Å². The highest BCUT2D eigenvalue weighted by atomic mass is 79.9. The molecule has 0 spiro atoms. The highest BCUT2D eigenvalue weighted by Crippen LogP contribution is 2.32. The second kappa shape index (κ2) is 4.42. The fraction of sp³-hybridized carbons (Fsp3) is 0.143. The Morgan fingerprint density at radius 1 is 1.47 bits per heavy atom. The molecule has 0 fully saturated rings. The van der Waals surface area contributed by atoms with Gasteiger partial charge in [-0.3, -0.25) is 9.48 Å². The normalized spacial score (nSPS) is 16.2. The van der Waals surface area contributed by atoms with Gasteiger partial charge < -0.3 is 0 Å². The molecule has 3 rings (SSSR count). The Labute approximate surface area is 117 Å². The number of carbonyl (C=O) groups excluding carboxylic acids is 1. The van der Waals surface area contributed by atoms with Gasteiger partial charge >= 0.3 is 0 Å². The zero-order valence-electron chi connectivity index (χ0n) is 10.2. The van der Waals surface area contributed by atoms with Crippen LogP contribution in [0, 0.1) is 5.82 Å². The van der Waals surface area contributed by atoms with Gasteiger partial charge in [-0.1, -0.05) is 15.9 Å². The van der Waals surface area contributed by atoms with E-state index >= 15 is 0 Å². The molecule has 1 aromatic carbocycles. The van der Waals surface area contributed by atoms with Gasteiger partial charge in [0, 0.05) is 46.4 Å². The zero-order valence-corrected chi connectivity index (χ0v) is 11.7. The predicted molar refractivity (Wildman–Crippen MR) is 73.3 cm³/mol. The first kappa shape index (κ1) is 12.3. The fourth-order valence-electron chi connectivity index (χ4n) is 2.26. The lowest BCUT2D eigenvalue weighted by Gasteiger charge is -1.99. The summed E-state index contributed by atoms with van der Waals surface area (Å²) in [4.78, 5) is 12.2. The van der Waals surface area contributed by atoms with Gasteiger partial charge in [-0.05, 0) is 18.2 Å². The third-order valence-electron chi connectivity index (χ3n) is 3.13. The first-order valence-electron chi connectivity index (χ1n) is 5.76. The minimum absolute atomic E-state index is 0.112. The fourth-order valence-corrected chi connectivity index (χ4v) is 2.69. The molecule has 0 bridgehead atoms. The van der Waals surface area contributed by atoms with Crippen LogP contribution < -0.4 is 0 Å². The van der Waals surface area contributed by atoms with Gasteiger partial charge in [-0.2, -0.15) is 5.10 Å². The number of halogens is 2. The summed E-state index contributed by atoms with van der Waals surface area (Å²) in [5, 5.41) is 4.04. The third kappa shape index (κ3) is 2.14. The first-order chi connectivity index (χ1) is 9.04. The van der Waals surface area contributed by atoms with Crippen LogP contribution in [0.1, 0.15) is 21.5 Å². The number of aryl methyl sites for hydroxylation is 1. The molecule has 2 aromatic rings. The van der Waals surface area contributed by atoms with E-state index in [1.54, 1.807) is 23.0 Å². The van der Waals surface area contributed by atoms with Crippen molar-refractivity contribution in [1.29, 1.82) is 0 Å². The van der Waals surface area contributed by atoms with Crippen molar-refractivity contribution in [1.82, 2.24) is 9.78 Å². The van der Waals surface area contributed by atoms with Crippen molar-refractivity contribution in [2.24, 2.45) is 7.05 Å². The van der Waals surface area contributed by atoms with Crippen LogP contribution in [0.25, 0.3) is 6.08 Å². The van der Waals surface area contributed by atoms with Gasteiger partial charge in [0.25, 0.3) is 0 Å². The van der Waals surface area contributed by atoms with Gasteiger partial charge in [-0.25, -0.2) is 4.39 Å². The summed E-state index contributed by atoms with van der Waals surface area (Å²) in [6.45, 7) is 0. The van der Waals surface area contributed by atoms with Crippen molar-refractivity contribution < 1.29 is 9.18 Å². The minimum Gasteiger partial charge on any atom is -0.289 e. The van der Waals surface area contributed by atoms with E-state index < -0.39 is 0 Å². The SMILES string of the molecule is Cn1cc(C=C2Cc3c(F)cc(Br)cc3C2=O)cn1. The maximum Gasteiger partial charge on any atom is 0.189 e. The molecule has 5 heteroatoms. The second-order valence-electron chi connectivity index (χ2n) is 4.54. The van der Waals surface area contributed by atoms with Crippen molar-refractivity contribution in [3.63, 3.8) is 0 Å². The maximum atomic E-state index is 13.8. The molecule has 1 aromatic heterocycles. The van der Waals surface area contributed by atoms with Crippen LogP contribution in [0.4, 0.5) is 4.39 Å². The number of nitrogens with zero attached hydrogens (tertiary/aromatic N) is 2. The number of hydrogen-bond donors (Lipinski definition) is 0. The summed E-state index contributed by atoms with van der Waals surface area (Å²) in [5.41, 5.74) is 2.36. The molecule has 0 amide bonds. The predicted octanol–water partition coefficient (Wildman–Crippen LogP) is 3.14. The molecule has 96 valence electrons. The van der Waals surface area contributed by atoms with E-state index in [1.807, 2.05) is 13.2 Å². The Kier molecular flexibility index (Phi) is 2.86. The summed E-state index contributed by atoms with van der Waals surface area (Å²) in [5.74, 6) is -0.452. The van der Waals surface area contributed by atoms with Crippen molar-refractivity contribution in [3.8, 4) is 0 Å². The molecule has 1 aliphatic rings. The lowest BCUT2D eigenvalue weighted by Crippen LogP contribution is -1.95. The number of carbonyl (C=O) groups is 1.